The molecule has 1 atom stereocenters. The van der Waals surface area contributed by atoms with E-state index in [0.717, 1.165) is 31.8 Å². The first-order valence-electron chi connectivity index (χ1n) is 7.83. The Morgan fingerprint density at radius 3 is 2.96 bits per heavy atom. The molecule has 1 aliphatic heterocycles. The number of likely N-dealkylation sites (N-methyl/N-ethyl adjacent to an activating group) is 1. The van der Waals surface area contributed by atoms with Gasteiger partial charge in [0.25, 0.3) is 0 Å². The van der Waals surface area contributed by atoms with E-state index in [2.05, 4.69) is 32.7 Å². The Hall–Kier alpha value is -1.12. The van der Waals surface area contributed by atoms with Gasteiger partial charge in [0.2, 0.25) is 10.0 Å². The smallest absolute Gasteiger partial charge is 0.211 e. The van der Waals surface area contributed by atoms with Gasteiger partial charge in [0.15, 0.2) is 5.96 Å². The highest BCUT2D eigenvalue weighted by atomic mass is 32.2. The molecule has 0 spiro atoms. The lowest BCUT2D eigenvalue weighted by atomic mass is 10.2. The van der Waals surface area contributed by atoms with Gasteiger partial charge >= 0.3 is 0 Å². The van der Waals surface area contributed by atoms with E-state index in [-0.39, 0.29) is 6.04 Å². The molecule has 6 nitrogen and oxygen atoms in total. The normalized spacial score (nSPS) is 20.0. The summed E-state index contributed by atoms with van der Waals surface area (Å²) in [5.41, 5.74) is 0. The van der Waals surface area contributed by atoms with Gasteiger partial charge in [0, 0.05) is 44.6 Å². The van der Waals surface area contributed by atoms with E-state index in [0.29, 0.717) is 13.1 Å². The Bertz CT molecular complexity index is 613. The standard InChI is InChI=1S/C15H26N4O2S2/c1-16-15(18(2)10-8-14-7-5-11-22-14)17-12-13-6-4-9-19(13)23(3,20)21/h5,7,11,13H,4,6,8-10,12H2,1-3H3,(H,16,17)/t13-/m1/s1. The second-order valence-corrected chi connectivity index (χ2v) is 8.82. The fourth-order valence-corrected chi connectivity index (χ4v) is 4.76. The maximum absolute atomic E-state index is 11.8. The lowest BCUT2D eigenvalue weighted by molar-refractivity contribution is 0.381. The lowest BCUT2D eigenvalue weighted by Crippen LogP contribution is -2.47. The summed E-state index contributed by atoms with van der Waals surface area (Å²) in [6, 6.07) is 4.22. The minimum Gasteiger partial charge on any atom is -0.355 e. The molecule has 2 rings (SSSR count). The fraction of sp³-hybridized carbons (Fsp3) is 0.667. The molecule has 130 valence electrons. The summed E-state index contributed by atoms with van der Waals surface area (Å²) in [6.45, 7) is 2.10. The van der Waals surface area contributed by atoms with Crippen molar-refractivity contribution in [2.45, 2.75) is 25.3 Å². The summed E-state index contributed by atoms with van der Waals surface area (Å²) < 4.78 is 25.2. The molecule has 0 bridgehead atoms. The molecule has 1 fully saturated rings. The number of hydrogen-bond acceptors (Lipinski definition) is 4. The quantitative estimate of drug-likeness (QED) is 0.613. The third kappa shape index (κ3) is 5.19. The molecular formula is C15H26N4O2S2. The Labute approximate surface area is 143 Å². The molecule has 2 heterocycles. The topological polar surface area (TPSA) is 65.0 Å². The second kappa shape index (κ2) is 8.12. The van der Waals surface area contributed by atoms with Crippen molar-refractivity contribution in [1.29, 1.82) is 0 Å². The number of rotatable bonds is 6. The van der Waals surface area contributed by atoms with Crippen LogP contribution in [0.3, 0.4) is 0 Å². The maximum Gasteiger partial charge on any atom is 0.211 e. The molecule has 1 aromatic heterocycles. The van der Waals surface area contributed by atoms with Crippen molar-refractivity contribution in [3.63, 3.8) is 0 Å². The lowest BCUT2D eigenvalue weighted by Gasteiger charge is -2.26. The Kier molecular flexibility index (Phi) is 6.43. The summed E-state index contributed by atoms with van der Waals surface area (Å²) in [7, 11) is 0.638. The number of nitrogens with zero attached hydrogens (tertiary/aromatic N) is 3. The van der Waals surface area contributed by atoms with Crippen molar-refractivity contribution >= 4 is 27.3 Å². The van der Waals surface area contributed by atoms with Crippen molar-refractivity contribution in [2.24, 2.45) is 4.99 Å². The molecule has 1 aliphatic rings. The van der Waals surface area contributed by atoms with Crippen molar-refractivity contribution in [3.05, 3.63) is 22.4 Å². The van der Waals surface area contributed by atoms with E-state index in [9.17, 15) is 8.42 Å². The van der Waals surface area contributed by atoms with E-state index in [1.54, 1.807) is 22.7 Å². The predicted octanol–water partition coefficient (Wildman–Crippen LogP) is 1.22. The zero-order chi connectivity index (χ0) is 16.9. The molecular weight excluding hydrogens is 332 g/mol. The number of thiophene rings is 1. The fourth-order valence-electron chi connectivity index (χ4n) is 2.88. The third-order valence-corrected chi connectivity index (χ3v) is 6.36. The summed E-state index contributed by atoms with van der Waals surface area (Å²) in [5.74, 6) is 0.807. The van der Waals surface area contributed by atoms with Crippen LogP contribution >= 0.6 is 11.3 Å². The molecule has 0 saturated carbocycles. The van der Waals surface area contributed by atoms with Crippen LogP contribution in [0.4, 0.5) is 0 Å². The maximum atomic E-state index is 11.8. The molecule has 1 aromatic rings. The van der Waals surface area contributed by atoms with E-state index in [1.807, 2.05) is 7.05 Å². The highest BCUT2D eigenvalue weighted by molar-refractivity contribution is 7.88. The first-order chi connectivity index (χ1) is 10.9. The molecule has 0 unspecified atom stereocenters. The Morgan fingerprint density at radius 1 is 1.57 bits per heavy atom. The number of sulfonamides is 1. The molecule has 0 amide bonds. The third-order valence-electron chi connectivity index (χ3n) is 4.09. The predicted molar refractivity (Wildman–Crippen MR) is 96.6 cm³/mol. The van der Waals surface area contributed by atoms with Gasteiger partial charge in [-0.05, 0) is 30.7 Å². The molecule has 0 radical (unpaired) electrons. The van der Waals surface area contributed by atoms with Gasteiger partial charge in [-0.3, -0.25) is 4.99 Å². The van der Waals surface area contributed by atoms with Crippen molar-refractivity contribution in [1.82, 2.24) is 14.5 Å². The van der Waals surface area contributed by atoms with E-state index in [1.165, 1.54) is 11.1 Å². The first kappa shape index (κ1) is 18.2. The zero-order valence-electron chi connectivity index (χ0n) is 14.0. The van der Waals surface area contributed by atoms with Crippen LogP contribution < -0.4 is 5.32 Å². The molecule has 0 aliphatic carbocycles. The summed E-state index contributed by atoms with van der Waals surface area (Å²) in [5, 5.41) is 5.40. The van der Waals surface area contributed by atoms with Gasteiger partial charge in [0.1, 0.15) is 0 Å². The minimum absolute atomic E-state index is 0.0208. The zero-order valence-corrected chi connectivity index (χ0v) is 15.7. The van der Waals surface area contributed by atoms with Crippen LogP contribution in [-0.2, 0) is 16.4 Å². The highest BCUT2D eigenvalue weighted by Gasteiger charge is 2.31. The molecule has 1 N–H and O–H groups in total. The van der Waals surface area contributed by atoms with Gasteiger partial charge in [-0.25, -0.2) is 8.42 Å². The SMILES string of the molecule is CN=C(NC[C@H]1CCCN1S(C)(=O)=O)N(C)CCc1cccs1. The van der Waals surface area contributed by atoms with Crippen LogP contribution in [0.25, 0.3) is 0 Å². The largest absolute Gasteiger partial charge is 0.355 e. The van der Waals surface area contributed by atoms with Crippen LogP contribution in [0.2, 0.25) is 0 Å². The van der Waals surface area contributed by atoms with Crippen molar-refractivity contribution in [3.8, 4) is 0 Å². The Balaban J connectivity index is 1.84. The van der Waals surface area contributed by atoms with Crippen LogP contribution in [-0.4, -0.2) is 69.6 Å². The van der Waals surface area contributed by atoms with Crippen LogP contribution in [0.5, 0.6) is 0 Å². The van der Waals surface area contributed by atoms with E-state index in [4.69, 9.17) is 0 Å². The van der Waals surface area contributed by atoms with E-state index < -0.39 is 10.0 Å². The number of aliphatic imine (C=N–C) groups is 1. The van der Waals surface area contributed by atoms with Gasteiger partial charge in [-0.1, -0.05) is 6.07 Å². The minimum atomic E-state index is -3.13. The summed E-state index contributed by atoms with van der Waals surface area (Å²) in [6.07, 6.45) is 4.09. The molecule has 1 saturated heterocycles. The molecule has 8 heteroatoms. The van der Waals surface area contributed by atoms with Gasteiger partial charge < -0.3 is 10.2 Å². The van der Waals surface area contributed by atoms with Crippen LogP contribution in [0.15, 0.2) is 22.5 Å². The van der Waals surface area contributed by atoms with Gasteiger partial charge in [-0.2, -0.15) is 4.31 Å². The number of guanidine groups is 1. The summed E-state index contributed by atoms with van der Waals surface area (Å²) in [4.78, 5) is 7.74. The van der Waals surface area contributed by atoms with Crippen molar-refractivity contribution < 1.29 is 8.42 Å². The monoisotopic (exact) mass is 358 g/mol. The highest BCUT2D eigenvalue weighted by Crippen LogP contribution is 2.19. The average molecular weight is 359 g/mol. The van der Waals surface area contributed by atoms with Gasteiger partial charge in [0.05, 0.1) is 6.26 Å². The molecule has 23 heavy (non-hydrogen) atoms. The van der Waals surface area contributed by atoms with Crippen molar-refractivity contribution in [2.75, 3.05) is 40.0 Å². The first-order valence-corrected chi connectivity index (χ1v) is 10.6. The number of nitrogens with one attached hydrogen (secondary N) is 1. The average Bonchev–Trinajstić information content (AvgIpc) is 3.16. The number of hydrogen-bond donors (Lipinski definition) is 1. The summed E-state index contributed by atoms with van der Waals surface area (Å²) >= 11 is 1.76. The van der Waals surface area contributed by atoms with Crippen LogP contribution in [0.1, 0.15) is 17.7 Å². The van der Waals surface area contributed by atoms with E-state index >= 15 is 0 Å². The van der Waals surface area contributed by atoms with Gasteiger partial charge in [-0.15, -0.1) is 11.3 Å². The second-order valence-electron chi connectivity index (χ2n) is 5.85. The van der Waals surface area contributed by atoms with Crippen LogP contribution in [0, 0.1) is 0 Å². The molecule has 0 aromatic carbocycles. The Morgan fingerprint density at radius 2 is 2.35 bits per heavy atom.